The van der Waals surface area contributed by atoms with Gasteiger partial charge in [0.2, 0.25) is 18.2 Å². The first-order chi connectivity index (χ1) is 19.9. The fourth-order valence-electron chi connectivity index (χ4n) is 7.30. The lowest BCUT2D eigenvalue weighted by molar-refractivity contribution is -0.129. The van der Waals surface area contributed by atoms with E-state index in [2.05, 4.69) is 17.1 Å². The number of carbonyl (C=O) groups is 1. The van der Waals surface area contributed by atoms with Gasteiger partial charge in [-0.1, -0.05) is 24.2 Å². The van der Waals surface area contributed by atoms with Gasteiger partial charge in [0.1, 0.15) is 0 Å². The Bertz CT molecular complexity index is 1380. The van der Waals surface area contributed by atoms with Crippen LogP contribution in [-0.2, 0) is 16.6 Å². The first-order valence-corrected chi connectivity index (χ1v) is 15.4. The lowest BCUT2D eigenvalue weighted by atomic mass is 9.53. The normalized spacial score (nSPS) is 29.1. The number of amides is 1. The van der Waals surface area contributed by atoms with Gasteiger partial charge in [-0.2, -0.15) is 4.98 Å². The molecule has 9 heteroatoms. The van der Waals surface area contributed by atoms with Crippen molar-refractivity contribution in [2.24, 2.45) is 17.3 Å². The van der Waals surface area contributed by atoms with Crippen LogP contribution in [0.25, 0.3) is 11.3 Å². The number of hydrogen-bond acceptors (Lipinski definition) is 6. The molecule has 0 saturated heterocycles. The van der Waals surface area contributed by atoms with E-state index in [9.17, 15) is 13.6 Å². The van der Waals surface area contributed by atoms with E-state index in [1.165, 1.54) is 0 Å². The molecular formula is C32H38F2N4O3. The van der Waals surface area contributed by atoms with Crippen molar-refractivity contribution in [3.63, 3.8) is 0 Å². The van der Waals surface area contributed by atoms with Crippen molar-refractivity contribution < 1.29 is 22.5 Å². The summed E-state index contributed by atoms with van der Waals surface area (Å²) in [6.45, 7) is 2.68. The Kier molecular flexibility index (Phi) is 6.74. The Morgan fingerprint density at radius 1 is 1.12 bits per heavy atom. The molecule has 0 radical (unpaired) electrons. The zero-order valence-corrected chi connectivity index (χ0v) is 23.7. The van der Waals surface area contributed by atoms with Crippen molar-refractivity contribution in [3.8, 4) is 11.3 Å². The molecule has 5 fully saturated rings. The van der Waals surface area contributed by atoms with Gasteiger partial charge in [-0.05, 0) is 88.2 Å². The second-order valence-electron chi connectivity index (χ2n) is 13.1. The van der Waals surface area contributed by atoms with Crippen molar-refractivity contribution in [3.05, 3.63) is 48.1 Å². The molecule has 0 spiro atoms. The standard InChI is InChI=1S/C32H38F2N4O3/c1-2-4-26-35-18-25(40-26)21-5-3-6-24(17-21)38(29(39)23-15-22(16-23)27(33)34)19-31-9-12-32(13-10-31,14-11-31)30-36-28(37-41-30)20-7-8-20/h3,5-6,17-18,20,22-23,27H,2,4,7-16,19H2,1H3. The van der Waals surface area contributed by atoms with Crippen LogP contribution in [0.5, 0.6) is 0 Å². The Hall–Kier alpha value is -3.10. The Morgan fingerprint density at radius 2 is 1.88 bits per heavy atom. The van der Waals surface area contributed by atoms with Gasteiger partial charge >= 0.3 is 0 Å². The molecule has 5 saturated carbocycles. The molecule has 0 aliphatic heterocycles. The number of halogens is 2. The molecule has 1 amide bonds. The summed E-state index contributed by atoms with van der Waals surface area (Å²) in [6.07, 6.45) is 9.73. The molecule has 0 N–H and O–H groups in total. The summed E-state index contributed by atoms with van der Waals surface area (Å²) >= 11 is 0. The molecule has 5 aliphatic rings. The highest BCUT2D eigenvalue weighted by atomic mass is 19.3. The highest BCUT2D eigenvalue weighted by Crippen LogP contribution is 2.58. The van der Waals surface area contributed by atoms with E-state index in [1.807, 2.05) is 29.2 Å². The minimum absolute atomic E-state index is 0.0147. The smallest absolute Gasteiger partial charge is 0.241 e. The van der Waals surface area contributed by atoms with Gasteiger partial charge in [0.05, 0.1) is 6.20 Å². The average molecular weight is 565 g/mol. The van der Waals surface area contributed by atoms with E-state index >= 15 is 0 Å². The number of oxazole rings is 1. The summed E-state index contributed by atoms with van der Waals surface area (Å²) in [4.78, 5) is 25.1. The quantitative estimate of drug-likeness (QED) is 0.254. The molecular weight excluding hydrogens is 526 g/mol. The molecule has 2 aromatic heterocycles. The van der Waals surface area contributed by atoms with Gasteiger partial charge in [0.15, 0.2) is 17.5 Å². The van der Waals surface area contributed by atoms with Gasteiger partial charge < -0.3 is 13.8 Å². The summed E-state index contributed by atoms with van der Waals surface area (Å²) in [6, 6.07) is 7.85. The number of alkyl halides is 2. The van der Waals surface area contributed by atoms with E-state index < -0.39 is 12.3 Å². The fourth-order valence-corrected chi connectivity index (χ4v) is 7.30. The molecule has 2 bridgehead atoms. The van der Waals surface area contributed by atoms with Crippen LogP contribution in [0.1, 0.15) is 101 Å². The minimum atomic E-state index is -2.37. The summed E-state index contributed by atoms with van der Waals surface area (Å²) in [7, 11) is 0. The second-order valence-corrected chi connectivity index (χ2v) is 13.1. The number of aryl methyl sites for hydroxylation is 1. The first kappa shape index (κ1) is 26.8. The predicted molar refractivity (Wildman–Crippen MR) is 149 cm³/mol. The summed E-state index contributed by atoms with van der Waals surface area (Å²) < 4.78 is 38.4. The van der Waals surface area contributed by atoms with Gasteiger partial charge in [0.25, 0.3) is 0 Å². The van der Waals surface area contributed by atoms with Gasteiger partial charge in [-0.3, -0.25) is 4.79 Å². The Balaban J connectivity index is 1.13. The average Bonchev–Trinajstić information content (AvgIpc) is 3.48. The lowest BCUT2D eigenvalue weighted by Gasteiger charge is -2.53. The van der Waals surface area contributed by atoms with E-state index in [-0.39, 0.29) is 35.5 Å². The van der Waals surface area contributed by atoms with Crippen molar-refractivity contribution >= 4 is 11.6 Å². The van der Waals surface area contributed by atoms with Gasteiger partial charge in [-0.15, -0.1) is 0 Å². The number of anilines is 1. The maximum atomic E-state index is 13.9. The molecule has 2 heterocycles. The minimum Gasteiger partial charge on any atom is -0.441 e. The monoisotopic (exact) mass is 564 g/mol. The summed E-state index contributed by atoms with van der Waals surface area (Å²) in [5.74, 6) is 2.43. The molecule has 218 valence electrons. The molecule has 0 unspecified atom stereocenters. The number of rotatable bonds is 10. The largest absolute Gasteiger partial charge is 0.441 e. The van der Waals surface area contributed by atoms with Crippen LogP contribution in [0.4, 0.5) is 14.5 Å². The van der Waals surface area contributed by atoms with E-state index in [0.717, 1.165) is 87.2 Å². The zero-order valence-electron chi connectivity index (χ0n) is 23.7. The Morgan fingerprint density at radius 3 is 2.56 bits per heavy atom. The van der Waals surface area contributed by atoms with E-state index in [1.54, 1.807) is 6.20 Å². The molecule has 5 aliphatic carbocycles. The van der Waals surface area contributed by atoms with Crippen molar-refractivity contribution in [2.45, 2.75) is 102 Å². The molecule has 8 rings (SSSR count). The molecule has 7 nitrogen and oxygen atoms in total. The third-order valence-electron chi connectivity index (χ3n) is 10.3. The SMILES string of the molecule is CCCc1ncc(-c2cccc(N(CC34CCC(c5nc(C6CC6)no5)(CC3)CC4)C(=O)C3CC(C(F)F)C3)c2)o1. The number of fused-ring (bicyclic) bond motifs is 3. The van der Waals surface area contributed by atoms with Crippen LogP contribution in [0.2, 0.25) is 0 Å². The van der Waals surface area contributed by atoms with Gasteiger partial charge in [-0.25, -0.2) is 13.8 Å². The fraction of sp³-hybridized carbons (Fsp3) is 0.625. The van der Waals surface area contributed by atoms with Crippen LogP contribution in [0.15, 0.2) is 39.4 Å². The summed E-state index contributed by atoms with van der Waals surface area (Å²) in [5, 5.41) is 4.29. The number of hydrogen-bond donors (Lipinski definition) is 0. The molecule has 1 aromatic carbocycles. The topological polar surface area (TPSA) is 85.3 Å². The van der Waals surface area contributed by atoms with Crippen molar-refractivity contribution in [1.82, 2.24) is 15.1 Å². The van der Waals surface area contributed by atoms with Crippen LogP contribution in [0, 0.1) is 17.3 Å². The molecule has 3 aromatic rings. The highest BCUT2D eigenvalue weighted by molar-refractivity contribution is 5.96. The number of aromatic nitrogens is 3. The second kappa shape index (κ2) is 10.3. The molecule has 0 atom stereocenters. The van der Waals surface area contributed by atoms with Crippen LogP contribution < -0.4 is 4.90 Å². The first-order valence-electron chi connectivity index (χ1n) is 15.4. The van der Waals surface area contributed by atoms with E-state index in [4.69, 9.17) is 13.9 Å². The van der Waals surface area contributed by atoms with Crippen LogP contribution in [0.3, 0.4) is 0 Å². The third-order valence-corrected chi connectivity index (χ3v) is 10.3. The highest BCUT2D eigenvalue weighted by Gasteiger charge is 2.54. The number of benzene rings is 1. The number of nitrogens with zero attached hydrogens (tertiary/aromatic N) is 4. The lowest BCUT2D eigenvalue weighted by Crippen LogP contribution is -2.53. The van der Waals surface area contributed by atoms with Crippen LogP contribution in [-0.4, -0.2) is 34.0 Å². The van der Waals surface area contributed by atoms with E-state index in [0.29, 0.717) is 24.1 Å². The molecule has 41 heavy (non-hydrogen) atoms. The third kappa shape index (κ3) is 4.99. The predicted octanol–water partition coefficient (Wildman–Crippen LogP) is 7.47. The zero-order chi connectivity index (χ0) is 28.2. The van der Waals surface area contributed by atoms with Crippen molar-refractivity contribution in [1.29, 1.82) is 0 Å². The summed E-state index contributed by atoms with van der Waals surface area (Å²) in [5.41, 5.74) is 1.58. The van der Waals surface area contributed by atoms with Crippen LogP contribution >= 0.6 is 0 Å². The Labute approximate surface area is 239 Å². The maximum Gasteiger partial charge on any atom is 0.241 e. The van der Waals surface area contributed by atoms with Crippen molar-refractivity contribution in [2.75, 3.05) is 11.4 Å². The van der Waals surface area contributed by atoms with Gasteiger partial charge in [0, 0.05) is 47.4 Å². The maximum absolute atomic E-state index is 13.9. The number of carbonyl (C=O) groups excluding carboxylic acids is 1.